The lowest BCUT2D eigenvalue weighted by Gasteiger charge is -2.68. The Labute approximate surface area is 138 Å². The third kappa shape index (κ3) is 1.66. The van der Waals surface area contributed by atoms with Crippen LogP contribution in [0.25, 0.3) is 0 Å². The minimum absolute atomic E-state index is 0.0392. The van der Waals surface area contributed by atoms with Gasteiger partial charge in [-0.25, -0.2) is 0 Å². The number of ketones is 1. The molecule has 3 nitrogen and oxygen atoms in total. The molecule has 23 heavy (non-hydrogen) atoms. The van der Waals surface area contributed by atoms with E-state index in [1.54, 1.807) is 6.92 Å². The summed E-state index contributed by atoms with van der Waals surface area (Å²) in [6, 6.07) is 0. The fraction of sp³-hybridized carbons (Fsp3) is 0.850. The number of Topliss-reactive ketones (excluding diaryl/α,β-unsaturated/α-hetero) is 1. The van der Waals surface area contributed by atoms with E-state index in [1.807, 2.05) is 0 Å². The largest absolute Gasteiger partial charge is 0.393 e. The van der Waals surface area contributed by atoms with Gasteiger partial charge in [-0.2, -0.15) is 0 Å². The average molecular weight is 316 g/mol. The molecular weight excluding hydrogens is 288 g/mol. The molecule has 5 aliphatic rings. The van der Waals surface area contributed by atoms with Crippen LogP contribution >= 0.6 is 0 Å². The maximum atomic E-state index is 12.2. The highest BCUT2D eigenvalue weighted by Gasteiger charge is 2.70. The Kier molecular flexibility index (Phi) is 2.86. The predicted molar refractivity (Wildman–Crippen MR) is 86.8 cm³/mol. The molecule has 4 fully saturated rings. The summed E-state index contributed by atoms with van der Waals surface area (Å²) in [5.74, 6) is 2.65. The van der Waals surface area contributed by atoms with Crippen LogP contribution < -0.4 is 0 Å². The van der Waals surface area contributed by atoms with Crippen LogP contribution in [0.1, 0.15) is 58.8 Å². The van der Waals surface area contributed by atoms with Gasteiger partial charge in [0.25, 0.3) is 0 Å². The van der Waals surface area contributed by atoms with Crippen LogP contribution in [0.4, 0.5) is 0 Å². The topological polar surface area (TPSA) is 46.5 Å². The lowest BCUT2D eigenvalue weighted by molar-refractivity contribution is -0.310. The second-order valence-electron chi connectivity index (χ2n) is 9.15. The Morgan fingerprint density at radius 1 is 1.35 bits per heavy atom. The number of carbonyl (C=O) groups excluding carboxylic acids is 1. The lowest BCUT2D eigenvalue weighted by atomic mass is 9.46. The number of rotatable bonds is 1. The maximum Gasteiger partial charge on any atom is 0.133 e. The molecule has 0 amide bonds. The van der Waals surface area contributed by atoms with Crippen LogP contribution in [0, 0.1) is 29.1 Å². The van der Waals surface area contributed by atoms with E-state index in [0.717, 1.165) is 38.5 Å². The minimum Gasteiger partial charge on any atom is -0.393 e. The van der Waals surface area contributed by atoms with Crippen molar-refractivity contribution >= 4 is 5.78 Å². The normalized spacial score (nSPS) is 56.7. The van der Waals surface area contributed by atoms with E-state index in [9.17, 15) is 9.90 Å². The molecule has 0 aromatic carbocycles. The van der Waals surface area contributed by atoms with Gasteiger partial charge in [0, 0.05) is 11.8 Å². The number of hydrogen-bond acceptors (Lipinski definition) is 3. The van der Waals surface area contributed by atoms with Crippen LogP contribution in [0.15, 0.2) is 11.6 Å². The number of ether oxygens (including phenoxy) is 1. The Balaban J connectivity index is 1.52. The van der Waals surface area contributed by atoms with Crippen LogP contribution in [-0.4, -0.2) is 28.7 Å². The van der Waals surface area contributed by atoms with E-state index in [1.165, 1.54) is 12.0 Å². The van der Waals surface area contributed by atoms with Crippen molar-refractivity contribution in [2.45, 2.75) is 76.6 Å². The maximum absolute atomic E-state index is 12.2. The third-order valence-electron chi connectivity index (χ3n) is 8.30. The highest BCUT2D eigenvalue weighted by atomic mass is 16.5. The second-order valence-corrected chi connectivity index (χ2v) is 9.15. The zero-order chi connectivity index (χ0) is 16.0. The highest BCUT2D eigenvalue weighted by molar-refractivity contribution is 5.79. The van der Waals surface area contributed by atoms with Crippen LogP contribution in [0.3, 0.4) is 0 Å². The first-order chi connectivity index (χ1) is 11.0. The summed E-state index contributed by atoms with van der Waals surface area (Å²) in [7, 11) is 0. The van der Waals surface area contributed by atoms with Gasteiger partial charge >= 0.3 is 0 Å². The Hall–Kier alpha value is -0.670. The van der Waals surface area contributed by atoms with Crippen molar-refractivity contribution in [2.75, 3.05) is 0 Å². The molecule has 0 aromatic heterocycles. The molecule has 1 N–H and O–H groups in total. The van der Waals surface area contributed by atoms with Crippen molar-refractivity contribution in [1.29, 1.82) is 0 Å². The van der Waals surface area contributed by atoms with Gasteiger partial charge in [-0.1, -0.05) is 13.0 Å². The van der Waals surface area contributed by atoms with E-state index in [4.69, 9.17) is 4.74 Å². The molecule has 3 heteroatoms. The van der Waals surface area contributed by atoms with Gasteiger partial charge in [0.2, 0.25) is 0 Å². The molecule has 1 spiro atoms. The highest BCUT2D eigenvalue weighted by Crippen LogP contribution is 2.69. The predicted octanol–water partition coefficient (Wildman–Crippen LogP) is 3.26. The molecule has 4 aliphatic carbocycles. The first kappa shape index (κ1) is 14.7. The van der Waals surface area contributed by atoms with E-state index >= 15 is 0 Å². The molecule has 1 saturated heterocycles. The first-order valence-electron chi connectivity index (χ1n) is 9.51. The van der Waals surface area contributed by atoms with Crippen molar-refractivity contribution in [3.8, 4) is 0 Å². The van der Waals surface area contributed by atoms with Crippen molar-refractivity contribution in [3.05, 3.63) is 11.6 Å². The number of carbonyl (C=O) groups is 1. The second kappa shape index (κ2) is 4.49. The minimum atomic E-state index is -0.173. The van der Waals surface area contributed by atoms with Gasteiger partial charge in [-0.15, -0.1) is 0 Å². The van der Waals surface area contributed by atoms with Crippen molar-refractivity contribution in [2.24, 2.45) is 29.1 Å². The van der Waals surface area contributed by atoms with Crippen molar-refractivity contribution < 1.29 is 14.6 Å². The summed E-state index contributed by atoms with van der Waals surface area (Å²) in [5, 5.41) is 10.0. The molecule has 1 heterocycles. The molecule has 8 atom stereocenters. The van der Waals surface area contributed by atoms with Gasteiger partial charge in [-0.3, -0.25) is 4.79 Å². The molecule has 126 valence electrons. The number of aliphatic hydroxyl groups is 1. The molecular formula is C20H28O3. The number of fused-ring (bicyclic) bond motifs is 2. The quantitative estimate of drug-likeness (QED) is 0.755. The Morgan fingerprint density at radius 2 is 2.17 bits per heavy atom. The van der Waals surface area contributed by atoms with Crippen molar-refractivity contribution in [1.82, 2.24) is 0 Å². The fourth-order valence-electron chi connectivity index (χ4n) is 7.48. The number of aliphatic hydroxyl groups excluding tert-OH is 1. The van der Waals surface area contributed by atoms with E-state index in [-0.39, 0.29) is 23.0 Å². The Bertz CT molecular complexity index is 596. The Morgan fingerprint density at radius 3 is 2.96 bits per heavy atom. The monoisotopic (exact) mass is 316 g/mol. The first-order valence-corrected chi connectivity index (χ1v) is 9.51. The standard InChI is InChI=1S/C20H28O3/c1-11(21)15-5-6-16-14-4-3-12-9-13(22)7-8-20(12)18(14)17(23-20)10-19(15,16)2/h3,13-18,22H,4-10H2,1-2H3/t13?,14?,15-,16?,17?,18?,19?,20?/m1/s1. The summed E-state index contributed by atoms with van der Waals surface area (Å²) in [4.78, 5) is 12.2. The van der Waals surface area contributed by atoms with Gasteiger partial charge in [0.05, 0.1) is 17.8 Å². The van der Waals surface area contributed by atoms with Crippen LogP contribution in [-0.2, 0) is 9.53 Å². The summed E-state index contributed by atoms with van der Waals surface area (Å²) >= 11 is 0. The number of allylic oxidation sites excluding steroid dienone is 1. The zero-order valence-corrected chi connectivity index (χ0v) is 14.3. The van der Waals surface area contributed by atoms with E-state index in [0.29, 0.717) is 29.6 Å². The SMILES string of the molecule is CC(=O)[C@H]1CCC2C3CC=C4CC(O)CCC45OC(CC21C)C35. The fourth-order valence-corrected chi connectivity index (χ4v) is 7.48. The summed E-state index contributed by atoms with van der Waals surface area (Å²) in [5.41, 5.74) is 1.50. The smallest absolute Gasteiger partial charge is 0.133 e. The molecule has 0 bridgehead atoms. The number of hydrogen-bond donors (Lipinski definition) is 1. The van der Waals surface area contributed by atoms with E-state index in [2.05, 4.69) is 13.0 Å². The average Bonchev–Trinajstić information content (AvgIpc) is 2.82. The molecule has 0 radical (unpaired) electrons. The third-order valence-corrected chi connectivity index (χ3v) is 8.30. The molecule has 0 aromatic rings. The van der Waals surface area contributed by atoms with Crippen molar-refractivity contribution in [3.63, 3.8) is 0 Å². The molecule has 3 saturated carbocycles. The van der Waals surface area contributed by atoms with Gasteiger partial charge in [-0.05, 0) is 74.7 Å². The zero-order valence-electron chi connectivity index (χ0n) is 14.3. The van der Waals surface area contributed by atoms with Gasteiger partial charge in [0.15, 0.2) is 0 Å². The summed E-state index contributed by atoms with van der Waals surface area (Å²) in [6.45, 7) is 4.15. The molecule has 5 rings (SSSR count). The van der Waals surface area contributed by atoms with Gasteiger partial charge in [0.1, 0.15) is 5.78 Å². The molecule has 7 unspecified atom stereocenters. The molecule has 1 aliphatic heterocycles. The van der Waals surface area contributed by atoms with Crippen LogP contribution in [0.2, 0.25) is 0 Å². The van der Waals surface area contributed by atoms with E-state index < -0.39 is 0 Å². The summed E-state index contributed by atoms with van der Waals surface area (Å²) < 4.78 is 6.56. The summed E-state index contributed by atoms with van der Waals surface area (Å²) in [6.07, 6.45) is 9.77. The van der Waals surface area contributed by atoms with Crippen LogP contribution in [0.5, 0.6) is 0 Å². The van der Waals surface area contributed by atoms with Gasteiger partial charge < -0.3 is 9.84 Å². The lowest BCUT2D eigenvalue weighted by Crippen LogP contribution is -2.71.